The zero-order chi connectivity index (χ0) is 7.87. The summed E-state index contributed by atoms with van der Waals surface area (Å²) in [5, 5.41) is 0. The van der Waals surface area contributed by atoms with Crippen LogP contribution in [-0.4, -0.2) is 31.2 Å². The van der Waals surface area contributed by atoms with Crippen LogP contribution in [0.3, 0.4) is 0 Å². The number of fused-ring (bicyclic) bond motifs is 2. The summed E-state index contributed by atoms with van der Waals surface area (Å²) in [5.74, 6) is 1.88. The molecule has 2 heterocycles. The molecule has 2 aliphatic carbocycles. The van der Waals surface area contributed by atoms with Crippen molar-refractivity contribution in [2.75, 3.05) is 13.2 Å². The summed E-state index contributed by atoms with van der Waals surface area (Å²) in [6, 6.07) is 0. The lowest BCUT2D eigenvalue weighted by molar-refractivity contribution is -0.122. The van der Waals surface area contributed by atoms with E-state index in [0.29, 0.717) is 17.6 Å². The highest BCUT2D eigenvalue weighted by atomic mass is 16.6. The number of hydrogen-bond donors (Lipinski definition) is 0. The van der Waals surface area contributed by atoms with Gasteiger partial charge in [0, 0.05) is 11.8 Å². The molecule has 64 valence electrons. The van der Waals surface area contributed by atoms with Crippen molar-refractivity contribution in [3.8, 4) is 0 Å². The molecule has 4 aliphatic rings. The minimum atomic E-state index is 0.131. The maximum Gasteiger partial charge on any atom is 0.145 e. The largest absolute Gasteiger partial charge is 0.374 e. The van der Waals surface area contributed by atoms with Gasteiger partial charge in [0.15, 0.2) is 0 Å². The highest BCUT2D eigenvalue weighted by Gasteiger charge is 2.70. The Hall–Kier alpha value is -0.410. The molecule has 12 heavy (non-hydrogen) atoms. The molecule has 4 rings (SSSR count). The molecule has 0 unspecified atom stereocenters. The number of carbonyl (C=O) groups excluding carboxylic acids is 1. The Kier molecular flexibility index (Phi) is 0.820. The Bertz CT molecular complexity index is 229. The zero-order valence-corrected chi connectivity index (χ0v) is 6.60. The van der Waals surface area contributed by atoms with Crippen LogP contribution in [0.5, 0.6) is 0 Å². The van der Waals surface area contributed by atoms with Gasteiger partial charge in [-0.05, 0) is 0 Å². The summed E-state index contributed by atoms with van der Waals surface area (Å²) < 4.78 is 11.2. The predicted octanol–water partition coefficient (Wildman–Crippen LogP) is -0.155. The third-order valence-corrected chi connectivity index (χ3v) is 4.12. The van der Waals surface area contributed by atoms with E-state index in [9.17, 15) is 4.79 Å². The topological polar surface area (TPSA) is 35.5 Å². The molecule has 3 heteroatoms. The van der Waals surface area contributed by atoms with Gasteiger partial charge in [-0.2, -0.15) is 0 Å². The number of Topliss-reactive ketones (excluding diaryl/α,β-unsaturated/α-hetero) is 1. The summed E-state index contributed by atoms with van der Waals surface area (Å²) in [7, 11) is 0. The van der Waals surface area contributed by atoms with Crippen LogP contribution in [-0.2, 0) is 14.3 Å². The Morgan fingerprint density at radius 2 is 1.50 bits per heavy atom. The highest BCUT2D eigenvalue weighted by Crippen LogP contribution is 2.59. The molecular formula is C9H10O3. The maximum atomic E-state index is 11.7. The fourth-order valence-corrected chi connectivity index (χ4v) is 3.69. The van der Waals surface area contributed by atoms with E-state index in [-0.39, 0.29) is 24.0 Å². The predicted molar refractivity (Wildman–Crippen MR) is 38.4 cm³/mol. The fourth-order valence-electron chi connectivity index (χ4n) is 3.69. The Morgan fingerprint density at radius 1 is 1.00 bits per heavy atom. The van der Waals surface area contributed by atoms with Crippen molar-refractivity contribution in [1.82, 2.24) is 0 Å². The molecule has 0 spiro atoms. The van der Waals surface area contributed by atoms with E-state index < -0.39 is 0 Å². The summed E-state index contributed by atoms with van der Waals surface area (Å²) in [5.41, 5.74) is 0. The molecule has 4 fully saturated rings. The molecule has 3 nitrogen and oxygen atoms in total. The van der Waals surface area contributed by atoms with E-state index >= 15 is 0 Å². The van der Waals surface area contributed by atoms with E-state index in [4.69, 9.17) is 9.47 Å². The van der Waals surface area contributed by atoms with Gasteiger partial charge in [-0.1, -0.05) is 0 Å². The van der Waals surface area contributed by atoms with E-state index in [0.717, 1.165) is 13.2 Å². The molecule has 2 aliphatic heterocycles. The molecule has 2 bridgehead atoms. The Morgan fingerprint density at radius 3 is 2.00 bits per heavy atom. The van der Waals surface area contributed by atoms with Gasteiger partial charge in [-0.25, -0.2) is 0 Å². The lowest BCUT2D eigenvalue weighted by Gasteiger charge is -2.18. The fraction of sp³-hybridized carbons (Fsp3) is 0.889. The lowest BCUT2D eigenvalue weighted by atomic mass is 9.82. The Labute approximate surface area is 70.0 Å². The molecule has 0 N–H and O–H groups in total. The van der Waals surface area contributed by atoms with Crippen molar-refractivity contribution in [1.29, 1.82) is 0 Å². The molecule has 0 radical (unpaired) electrons. The molecule has 6 atom stereocenters. The molecule has 2 saturated heterocycles. The quantitative estimate of drug-likeness (QED) is 0.502. The van der Waals surface area contributed by atoms with Crippen molar-refractivity contribution >= 4 is 5.78 Å². The van der Waals surface area contributed by atoms with Crippen LogP contribution in [0, 0.1) is 23.7 Å². The van der Waals surface area contributed by atoms with Crippen LogP contribution in [0.4, 0.5) is 0 Å². The number of rotatable bonds is 0. The van der Waals surface area contributed by atoms with Crippen molar-refractivity contribution in [3.63, 3.8) is 0 Å². The summed E-state index contributed by atoms with van der Waals surface area (Å²) in [6.45, 7) is 1.62. The van der Waals surface area contributed by atoms with E-state index in [1.807, 2.05) is 0 Å². The van der Waals surface area contributed by atoms with Gasteiger partial charge in [0.1, 0.15) is 5.78 Å². The van der Waals surface area contributed by atoms with Crippen molar-refractivity contribution in [3.05, 3.63) is 0 Å². The number of ketones is 1. The van der Waals surface area contributed by atoms with Gasteiger partial charge >= 0.3 is 0 Å². The van der Waals surface area contributed by atoms with Gasteiger partial charge in [0.25, 0.3) is 0 Å². The highest BCUT2D eigenvalue weighted by molar-refractivity contribution is 5.91. The summed E-state index contributed by atoms with van der Waals surface area (Å²) >= 11 is 0. The second kappa shape index (κ2) is 1.61. The van der Waals surface area contributed by atoms with E-state index in [1.165, 1.54) is 0 Å². The van der Waals surface area contributed by atoms with Gasteiger partial charge in [-0.15, -0.1) is 0 Å². The maximum absolute atomic E-state index is 11.7. The SMILES string of the molecule is O=C1[C@@H]2[C@@H]3CO[C@H]2[C@@H]2OC[C@H]3[C@H]12. The Balaban J connectivity index is 1.96. The second-order valence-electron chi connectivity index (χ2n) is 4.38. The smallest absolute Gasteiger partial charge is 0.145 e. The minimum absolute atomic E-state index is 0.131. The molecule has 0 aromatic heterocycles. The van der Waals surface area contributed by atoms with E-state index in [1.54, 1.807) is 0 Å². The second-order valence-corrected chi connectivity index (χ2v) is 4.38. The summed E-state index contributed by atoms with van der Waals surface area (Å²) in [6.07, 6.45) is 0.262. The zero-order valence-electron chi connectivity index (χ0n) is 6.60. The number of hydrogen-bond acceptors (Lipinski definition) is 3. The first-order chi connectivity index (χ1) is 5.88. The average Bonchev–Trinajstić information content (AvgIpc) is 2.62. The van der Waals surface area contributed by atoms with Crippen LogP contribution in [0.2, 0.25) is 0 Å². The molecular weight excluding hydrogens is 156 g/mol. The first-order valence-electron chi connectivity index (χ1n) is 4.65. The third-order valence-electron chi connectivity index (χ3n) is 4.12. The monoisotopic (exact) mass is 166 g/mol. The van der Waals surface area contributed by atoms with Crippen molar-refractivity contribution < 1.29 is 14.3 Å². The molecule has 0 amide bonds. The van der Waals surface area contributed by atoms with Gasteiger partial charge in [0.05, 0.1) is 37.3 Å². The van der Waals surface area contributed by atoms with Gasteiger partial charge in [0.2, 0.25) is 0 Å². The molecule has 0 aromatic carbocycles. The van der Waals surface area contributed by atoms with Crippen LogP contribution in [0.1, 0.15) is 0 Å². The lowest BCUT2D eigenvalue weighted by Crippen LogP contribution is -2.30. The summed E-state index contributed by atoms with van der Waals surface area (Å²) in [4.78, 5) is 11.7. The number of ether oxygens (including phenoxy) is 2. The minimum Gasteiger partial charge on any atom is -0.374 e. The van der Waals surface area contributed by atoms with Crippen molar-refractivity contribution in [2.24, 2.45) is 23.7 Å². The van der Waals surface area contributed by atoms with Crippen LogP contribution >= 0.6 is 0 Å². The van der Waals surface area contributed by atoms with Crippen LogP contribution in [0.25, 0.3) is 0 Å². The third kappa shape index (κ3) is 0.409. The van der Waals surface area contributed by atoms with Crippen LogP contribution < -0.4 is 0 Å². The first kappa shape index (κ1) is 6.11. The first-order valence-corrected chi connectivity index (χ1v) is 4.65. The number of carbonyl (C=O) groups is 1. The van der Waals surface area contributed by atoms with Gasteiger partial charge < -0.3 is 9.47 Å². The van der Waals surface area contributed by atoms with Crippen LogP contribution in [0.15, 0.2) is 0 Å². The normalized spacial score (nSPS) is 65.2. The van der Waals surface area contributed by atoms with E-state index in [2.05, 4.69) is 0 Å². The van der Waals surface area contributed by atoms with Gasteiger partial charge in [-0.3, -0.25) is 4.79 Å². The average molecular weight is 166 g/mol. The van der Waals surface area contributed by atoms with Crippen molar-refractivity contribution in [2.45, 2.75) is 12.2 Å². The molecule has 2 saturated carbocycles. The molecule has 0 aromatic rings. The standard InChI is InChI=1S/C9H10O3/c10-7-5-3-1-11-8(5)9-6(7)4(3)2-12-9/h3-6,8-9H,1-2H2/t3-,4-,5-,6+,8-,9-/m1/s1.